The van der Waals surface area contributed by atoms with Crippen LogP contribution in [0, 0.1) is 46.3 Å². The topological polar surface area (TPSA) is 149 Å². The number of sulfonamides is 1. The number of esters is 1. The van der Waals surface area contributed by atoms with Gasteiger partial charge in [-0.2, -0.15) is 0 Å². The maximum atomic E-state index is 12.6. The molecular weight excluding hydrogens is 601 g/mol. The Balaban J connectivity index is 0.981. The largest absolute Gasteiger partial charge is 0.490 e. The maximum absolute atomic E-state index is 12.6. The first-order valence-electron chi connectivity index (χ1n) is 16.4. The van der Waals surface area contributed by atoms with Crippen LogP contribution in [0.3, 0.4) is 0 Å². The molecule has 0 radical (unpaired) electrons. The third-order valence-electron chi connectivity index (χ3n) is 12.4. The van der Waals surface area contributed by atoms with Crippen LogP contribution in [0.5, 0.6) is 5.75 Å². The van der Waals surface area contributed by atoms with E-state index in [0.29, 0.717) is 57.9 Å². The normalized spacial score (nSPS) is 37.5. The Morgan fingerprint density at radius 1 is 1.09 bits per heavy atom. The van der Waals surface area contributed by atoms with Crippen molar-refractivity contribution in [2.45, 2.75) is 102 Å². The molecule has 4 aliphatic rings. The predicted molar refractivity (Wildman–Crippen MR) is 168 cm³/mol. The van der Waals surface area contributed by atoms with Gasteiger partial charge in [0.15, 0.2) is 0 Å². The first-order valence-corrected chi connectivity index (χ1v) is 18.7. The molecule has 0 aliphatic heterocycles. The highest BCUT2D eigenvalue weighted by Gasteiger charge is 2.62. The van der Waals surface area contributed by atoms with Crippen molar-refractivity contribution in [3.8, 4) is 5.75 Å². The second-order valence-electron chi connectivity index (χ2n) is 14.7. The SMILES string of the molecule is C[C@H](CCC(=O)OCCOc1ccc2nc(S(N)(=O)=O)sc2c1)[C@H]1CC[C@H]2[C@@H]3[C@H](O)C[C@@H]4C[C@H](O)CC[C@]4(C)[C@H]3CC[C@]12C. The molecule has 11 heteroatoms. The van der Waals surface area contributed by atoms with Gasteiger partial charge in [0.25, 0.3) is 10.0 Å². The molecule has 6 rings (SSSR count). The molecule has 4 fully saturated rings. The van der Waals surface area contributed by atoms with Crippen LogP contribution in [0.4, 0.5) is 0 Å². The monoisotopic (exact) mass is 648 g/mol. The number of carbonyl (C=O) groups excluding carboxylic acids is 1. The van der Waals surface area contributed by atoms with Crippen molar-refractivity contribution in [2.24, 2.45) is 51.5 Å². The van der Waals surface area contributed by atoms with Crippen molar-refractivity contribution in [3.05, 3.63) is 18.2 Å². The number of fused-ring (bicyclic) bond motifs is 6. The Morgan fingerprint density at radius 3 is 2.61 bits per heavy atom. The summed E-state index contributed by atoms with van der Waals surface area (Å²) in [6, 6.07) is 5.08. The summed E-state index contributed by atoms with van der Waals surface area (Å²) >= 11 is 0.988. The third-order valence-corrected chi connectivity index (χ3v) is 14.8. The zero-order chi connectivity index (χ0) is 31.4. The molecule has 9 nitrogen and oxygen atoms in total. The van der Waals surface area contributed by atoms with Crippen molar-refractivity contribution >= 4 is 37.5 Å². The highest BCUT2D eigenvalue weighted by atomic mass is 32.2. The van der Waals surface area contributed by atoms with E-state index in [9.17, 15) is 23.4 Å². The van der Waals surface area contributed by atoms with Crippen molar-refractivity contribution in [2.75, 3.05) is 13.2 Å². The summed E-state index contributed by atoms with van der Waals surface area (Å²) in [4.78, 5) is 16.7. The van der Waals surface area contributed by atoms with Crippen molar-refractivity contribution < 1.29 is 32.9 Å². The summed E-state index contributed by atoms with van der Waals surface area (Å²) in [5, 5.41) is 27.0. The van der Waals surface area contributed by atoms with Crippen LogP contribution in [0.1, 0.15) is 85.0 Å². The molecule has 1 aromatic carbocycles. The summed E-state index contributed by atoms with van der Waals surface area (Å²) in [5.41, 5.74) is 0.947. The Bertz CT molecular complexity index is 1480. The number of thiazole rings is 1. The summed E-state index contributed by atoms with van der Waals surface area (Å²) in [6.07, 6.45) is 8.97. The Morgan fingerprint density at radius 2 is 1.84 bits per heavy atom. The number of nitrogens with two attached hydrogens (primary N) is 1. The fourth-order valence-corrected chi connectivity index (χ4v) is 11.9. The van der Waals surface area contributed by atoms with E-state index in [1.807, 2.05) is 0 Å². The molecule has 1 aromatic heterocycles. The van der Waals surface area contributed by atoms with Gasteiger partial charge >= 0.3 is 5.97 Å². The van der Waals surface area contributed by atoms with Gasteiger partial charge < -0.3 is 19.7 Å². The number of aliphatic hydroxyl groups excluding tert-OH is 2. The quantitative estimate of drug-likeness (QED) is 0.246. The minimum absolute atomic E-state index is 0.136. The average Bonchev–Trinajstić information content (AvgIpc) is 3.56. The van der Waals surface area contributed by atoms with Crippen LogP contribution in [-0.2, 0) is 19.6 Å². The third kappa shape index (κ3) is 5.92. The van der Waals surface area contributed by atoms with Crippen LogP contribution < -0.4 is 9.88 Å². The van der Waals surface area contributed by atoms with Gasteiger partial charge in [0.05, 0.1) is 22.4 Å². The average molecular weight is 649 g/mol. The number of rotatable bonds is 9. The number of primary sulfonamides is 1. The molecule has 1 heterocycles. The minimum atomic E-state index is -3.86. The molecule has 0 bridgehead atoms. The predicted octanol–water partition coefficient (Wildman–Crippen LogP) is 5.27. The van der Waals surface area contributed by atoms with Gasteiger partial charge in [-0.15, -0.1) is 11.3 Å². The van der Waals surface area contributed by atoms with Gasteiger partial charge in [0.1, 0.15) is 19.0 Å². The van der Waals surface area contributed by atoms with E-state index in [0.717, 1.165) is 62.7 Å². The number of hydrogen-bond donors (Lipinski definition) is 3. The lowest BCUT2D eigenvalue weighted by atomic mass is 9.43. The van der Waals surface area contributed by atoms with Gasteiger partial charge in [-0.3, -0.25) is 4.79 Å². The number of carbonyl (C=O) groups is 1. The molecule has 4 aliphatic carbocycles. The molecule has 0 spiro atoms. The fraction of sp³-hybridized carbons (Fsp3) is 0.758. The molecule has 0 unspecified atom stereocenters. The number of benzene rings is 1. The second kappa shape index (κ2) is 12.1. The smallest absolute Gasteiger partial charge is 0.305 e. The van der Waals surface area contributed by atoms with E-state index in [1.165, 1.54) is 6.42 Å². The Hall–Kier alpha value is -1.79. The van der Waals surface area contributed by atoms with Gasteiger partial charge in [-0.25, -0.2) is 18.5 Å². The molecule has 244 valence electrons. The maximum Gasteiger partial charge on any atom is 0.305 e. The number of aliphatic hydroxyl groups is 2. The minimum Gasteiger partial charge on any atom is -0.490 e. The summed E-state index contributed by atoms with van der Waals surface area (Å²) in [5.74, 6) is 3.08. The number of ether oxygens (including phenoxy) is 2. The lowest BCUT2D eigenvalue weighted by Crippen LogP contribution is -2.58. The fourth-order valence-electron chi connectivity index (χ4n) is 10.2. The summed E-state index contributed by atoms with van der Waals surface area (Å²) < 4.78 is 34.8. The molecule has 0 saturated heterocycles. The molecule has 0 amide bonds. The van der Waals surface area contributed by atoms with Crippen LogP contribution in [-0.4, -0.2) is 55.0 Å². The molecule has 4 saturated carbocycles. The Kier molecular flexibility index (Phi) is 8.84. The number of hydrogen-bond acceptors (Lipinski definition) is 9. The van der Waals surface area contributed by atoms with E-state index in [-0.39, 0.29) is 46.6 Å². The lowest BCUT2D eigenvalue weighted by molar-refractivity contribution is -0.174. The molecule has 4 N–H and O–H groups in total. The van der Waals surface area contributed by atoms with Crippen LogP contribution >= 0.6 is 11.3 Å². The molecular formula is C33H48N2O7S2. The summed E-state index contributed by atoms with van der Waals surface area (Å²) in [6.45, 7) is 7.53. The van der Waals surface area contributed by atoms with Gasteiger partial charge in [-0.1, -0.05) is 20.8 Å². The molecule has 44 heavy (non-hydrogen) atoms. The zero-order valence-electron chi connectivity index (χ0n) is 26.1. The number of aromatic nitrogens is 1. The summed E-state index contributed by atoms with van der Waals surface area (Å²) in [7, 11) is -3.86. The lowest BCUT2D eigenvalue weighted by Gasteiger charge is -2.62. The van der Waals surface area contributed by atoms with Crippen LogP contribution in [0.25, 0.3) is 10.2 Å². The van der Waals surface area contributed by atoms with Gasteiger partial charge in [-0.05, 0) is 122 Å². The first-order chi connectivity index (χ1) is 20.8. The highest BCUT2D eigenvalue weighted by Crippen LogP contribution is 2.68. The van der Waals surface area contributed by atoms with E-state index in [1.54, 1.807) is 18.2 Å². The van der Waals surface area contributed by atoms with Crippen LogP contribution in [0.2, 0.25) is 0 Å². The second-order valence-corrected chi connectivity index (χ2v) is 17.5. The Labute approximate surface area is 265 Å². The number of nitrogens with zero attached hydrogens (tertiary/aromatic N) is 1. The van der Waals surface area contributed by atoms with E-state index >= 15 is 0 Å². The highest BCUT2D eigenvalue weighted by molar-refractivity contribution is 7.91. The molecule has 2 aromatic rings. The van der Waals surface area contributed by atoms with Crippen molar-refractivity contribution in [1.29, 1.82) is 0 Å². The standard InChI is InChI=1S/C33H48N2O7S2/c1-19(4-9-29(38)42-15-14-41-22-5-8-26-28(18-22)43-31(35-26)44(34,39)40)23-6-7-24-30-25(11-13-33(23,24)3)32(2)12-10-21(36)16-20(32)17-27(30)37/h5,8,18-21,23-25,27,30,36-37H,4,6-7,9-17H2,1-3H3,(H2,34,39,40)/t19-,20+,21-,23-,24+,25+,27-,30+,32+,33-/m1/s1. The van der Waals surface area contributed by atoms with Crippen molar-refractivity contribution in [3.63, 3.8) is 0 Å². The zero-order valence-corrected chi connectivity index (χ0v) is 27.7. The first kappa shape index (κ1) is 32.2. The van der Waals surface area contributed by atoms with Gasteiger partial charge in [0.2, 0.25) is 4.34 Å². The van der Waals surface area contributed by atoms with E-state index < -0.39 is 10.0 Å². The molecule has 10 atom stereocenters. The van der Waals surface area contributed by atoms with Gasteiger partial charge in [0, 0.05) is 6.42 Å². The van der Waals surface area contributed by atoms with Crippen molar-refractivity contribution in [1.82, 2.24) is 4.98 Å². The van der Waals surface area contributed by atoms with E-state index in [4.69, 9.17) is 14.6 Å². The van der Waals surface area contributed by atoms with E-state index in [2.05, 4.69) is 25.8 Å². The van der Waals surface area contributed by atoms with Crippen LogP contribution in [0.15, 0.2) is 22.5 Å².